The largest absolute Gasteiger partial charge is 0.378 e. The molecule has 2 rings (SSSR count). The van der Waals surface area contributed by atoms with Gasteiger partial charge in [-0.25, -0.2) is 4.39 Å². The van der Waals surface area contributed by atoms with Crippen LogP contribution in [0.4, 0.5) is 4.39 Å². The van der Waals surface area contributed by atoms with Crippen LogP contribution in [0, 0.1) is 5.82 Å². The fourth-order valence-electron chi connectivity index (χ4n) is 1.95. The first kappa shape index (κ1) is 13.0. The number of amides is 1. The van der Waals surface area contributed by atoms with Crippen LogP contribution in [0.15, 0.2) is 24.3 Å². The van der Waals surface area contributed by atoms with Crippen molar-refractivity contribution in [3.63, 3.8) is 0 Å². The van der Waals surface area contributed by atoms with Gasteiger partial charge in [0.05, 0.1) is 13.2 Å². The van der Waals surface area contributed by atoms with Gasteiger partial charge in [-0.3, -0.25) is 4.79 Å². The van der Waals surface area contributed by atoms with E-state index in [-0.39, 0.29) is 24.3 Å². The number of carbonyl (C=O) groups is 1. The summed E-state index contributed by atoms with van der Waals surface area (Å²) in [7, 11) is 1.67. The third kappa shape index (κ3) is 3.05. The summed E-state index contributed by atoms with van der Waals surface area (Å²) in [6, 6.07) is 6.16. The molecule has 18 heavy (non-hydrogen) atoms. The molecule has 1 aliphatic rings. The molecule has 0 unspecified atom stereocenters. The Labute approximate surface area is 106 Å². The Kier molecular flexibility index (Phi) is 4.28. The highest BCUT2D eigenvalue weighted by atomic mass is 19.1. The Morgan fingerprint density at radius 2 is 2.33 bits per heavy atom. The molecule has 1 aromatic carbocycles. The van der Waals surface area contributed by atoms with E-state index in [1.54, 1.807) is 25.2 Å². The fraction of sp³-hybridized carbons (Fsp3) is 0.462. The quantitative estimate of drug-likeness (QED) is 0.864. The summed E-state index contributed by atoms with van der Waals surface area (Å²) in [6.07, 6.45) is 0. The van der Waals surface area contributed by atoms with Gasteiger partial charge in [-0.2, -0.15) is 0 Å². The van der Waals surface area contributed by atoms with Gasteiger partial charge >= 0.3 is 0 Å². The van der Waals surface area contributed by atoms with Gasteiger partial charge in [0.25, 0.3) is 0 Å². The molecule has 0 saturated carbocycles. The van der Waals surface area contributed by atoms with E-state index >= 15 is 0 Å². The number of rotatable bonds is 3. The Morgan fingerprint density at radius 1 is 1.56 bits per heavy atom. The maximum absolute atomic E-state index is 13.5. The Morgan fingerprint density at radius 3 is 3.00 bits per heavy atom. The zero-order valence-electron chi connectivity index (χ0n) is 10.4. The average Bonchev–Trinajstić information content (AvgIpc) is 2.41. The molecule has 1 heterocycles. The maximum Gasteiger partial charge on any atom is 0.242 e. The first-order valence-electron chi connectivity index (χ1n) is 5.98. The number of halogens is 1. The van der Waals surface area contributed by atoms with Crippen molar-refractivity contribution in [3.05, 3.63) is 35.6 Å². The van der Waals surface area contributed by atoms with Crippen LogP contribution in [-0.4, -0.2) is 43.7 Å². The zero-order valence-corrected chi connectivity index (χ0v) is 10.4. The Hall–Kier alpha value is -1.46. The maximum atomic E-state index is 13.5. The third-order valence-corrected chi connectivity index (χ3v) is 2.96. The SMILES string of the molecule is CN(Cc1ccccc1F)C(=O)[C@@H]1COCCN1. The number of benzene rings is 1. The molecule has 1 N–H and O–H groups in total. The van der Waals surface area contributed by atoms with Crippen molar-refractivity contribution >= 4 is 5.91 Å². The molecular weight excluding hydrogens is 235 g/mol. The van der Waals surface area contributed by atoms with Crippen molar-refractivity contribution in [2.75, 3.05) is 26.8 Å². The minimum atomic E-state index is -0.324. The van der Waals surface area contributed by atoms with Gasteiger partial charge in [-0.15, -0.1) is 0 Å². The van der Waals surface area contributed by atoms with E-state index in [4.69, 9.17) is 4.74 Å². The molecule has 1 amide bonds. The van der Waals surface area contributed by atoms with Gasteiger partial charge in [-0.05, 0) is 6.07 Å². The topological polar surface area (TPSA) is 41.6 Å². The molecule has 0 radical (unpaired) electrons. The average molecular weight is 252 g/mol. The lowest BCUT2D eigenvalue weighted by molar-refractivity contribution is -0.135. The van der Waals surface area contributed by atoms with Crippen LogP contribution < -0.4 is 5.32 Å². The van der Waals surface area contributed by atoms with E-state index < -0.39 is 0 Å². The molecule has 0 bridgehead atoms. The van der Waals surface area contributed by atoms with Gasteiger partial charge in [0.1, 0.15) is 11.9 Å². The molecule has 1 saturated heterocycles. The lowest BCUT2D eigenvalue weighted by Gasteiger charge is -2.27. The molecule has 1 aromatic rings. The van der Waals surface area contributed by atoms with Crippen molar-refractivity contribution in [1.82, 2.24) is 10.2 Å². The molecule has 1 aliphatic heterocycles. The molecule has 0 spiro atoms. The molecular formula is C13H17FN2O2. The first-order chi connectivity index (χ1) is 8.68. The van der Waals surface area contributed by atoms with Crippen molar-refractivity contribution < 1.29 is 13.9 Å². The van der Waals surface area contributed by atoms with Crippen molar-refractivity contribution in [3.8, 4) is 0 Å². The predicted molar refractivity (Wildman–Crippen MR) is 65.5 cm³/mol. The standard InChI is InChI=1S/C13H17FN2O2/c1-16(8-10-4-2-3-5-11(10)14)13(17)12-9-18-7-6-15-12/h2-5,12,15H,6-9H2,1H3/t12-/m0/s1. The monoisotopic (exact) mass is 252 g/mol. The van der Waals surface area contributed by atoms with E-state index in [0.717, 1.165) is 0 Å². The summed E-state index contributed by atoms with van der Waals surface area (Å²) < 4.78 is 18.7. The molecule has 1 atom stereocenters. The number of hydrogen-bond donors (Lipinski definition) is 1. The molecule has 1 fully saturated rings. The zero-order chi connectivity index (χ0) is 13.0. The van der Waals surface area contributed by atoms with Gasteiger partial charge in [0.15, 0.2) is 0 Å². The summed E-state index contributed by atoms with van der Waals surface area (Å²) in [5.41, 5.74) is 0.519. The van der Waals surface area contributed by atoms with Gasteiger partial charge < -0.3 is 15.0 Å². The van der Waals surface area contributed by atoms with Gasteiger partial charge in [0.2, 0.25) is 5.91 Å². The van der Waals surface area contributed by atoms with Crippen LogP contribution in [-0.2, 0) is 16.1 Å². The number of carbonyl (C=O) groups excluding carboxylic acids is 1. The molecule has 98 valence electrons. The predicted octanol–water partition coefficient (Wildman–Crippen LogP) is 0.772. The molecule has 0 aliphatic carbocycles. The van der Waals surface area contributed by atoms with E-state index in [9.17, 15) is 9.18 Å². The third-order valence-electron chi connectivity index (χ3n) is 2.96. The number of nitrogens with one attached hydrogen (secondary N) is 1. The summed E-state index contributed by atoms with van der Waals surface area (Å²) in [6.45, 7) is 1.94. The second-order valence-corrected chi connectivity index (χ2v) is 4.37. The number of ether oxygens (including phenoxy) is 1. The Bertz CT molecular complexity index is 419. The first-order valence-corrected chi connectivity index (χ1v) is 5.98. The van der Waals surface area contributed by atoms with Crippen LogP contribution in [0.25, 0.3) is 0 Å². The van der Waals surface area contributed by atoms with Crippen LogP contribution >= 0.6 is 0 Å². The van der Waals surface area contributed by atoms with Crippen molar-refractivity contribution in [1.29, 1.82) is 0 Å². The highest BCUT2D eigenvalue weighted by Crippen LogP contribution is 2.10. The number of morpholine rings is 1. The fourth-order valence-corrected chi connectivity index (χ4v) is 1.95. The van der Waals surface area contributed by atoms with Crippen LogP contribution in [0.3, 0.4) is 0 Å². The molecule has 0 aromatic heterocycles. The summed E-state index contributed by atoms with van der Waals surface area (Å²) in [5, 5.41) is 3.09. The van der Waals surface area contributed by atoms with Crippen LogP contribution in [0.2, 0.25) is 0 Å². The smallest absolute Gasteiger partial charge is 0.242 e. The summed E-state index contributed by atoms with van der Waals surface area (Å²) in [5.74, 6) is -0.358. The molecule has 4 nitrogen and oxygen atoms in total. The minimum absolute atomic E-state index is 0.0713. The number of hydrogen-bond acceptors (Lipinski definition) is 3. The van der Waals surface area contributed by atoms with Gasteiger partial charge in [-0.1, -0.05) is 18.2 Å². The highest BCUT2D eigenvalue weighted by Gasteiger charge is 2.24. The van der Waals surface area contributed by atoms with Gasteiger partial charge in [0, 0.05) is 25.7 Å². The lowest BCUT2D eigenvalue weighted by atomic mass is 10.2. The van der Waals surface area contributed by atoms with E-state index in [1.807, 2.05) is 0 Å². The highest BCUT2D eigenvalue weighted by molar-refractivity contribution is 5.81. The van der Waals surface area contributed by atoms with Crippen molar-refractivity contribution in [2.24, 2.45) is 0 Å². The normalized spacial score (nSPS) is 19.6. The Balaban J connectivity index is 1.96. The van der Waals surface area contributed by atoms with Crippen molar-refractivity contribution in [2.45, 2.75) is 12.6 Å². The number of nitrogens with zero attached hydrogens (tertiary/aromatic N) is 1. The summed E-state index contributed by atoms with van der Waals surface area (Å²) in [4.78, 5) is 13.6. The van der Waals surface area contributed by atoms with E-state index in [0.29, 0.717) is 25.3 Å². The van der Waals surface area contributed by atoms with E-state index in [2.05, 4.69) is 5.32 Å². The van der Waals surface area contributed by atoms with Crippen LogP contribution in [0.5, 0.6) is 0 Å². The lowest BCUT2D eigenvalue weighted by Crippen LogP contribution is -2.51. The molecule has 5 heteroatoms. The second kappa shape index (κ2) is 5.93. The number of likely N-dealkylation sites (N-methyl/N-ethyl adjacent to an activating group) is 1. The summed E-state index contributed by atoms with van der Waals surface area (Å²) >= 11 is 0. The van der Waals surface area contributed by atoms with Crippen LogP contribution in [0.1, 0.15) is 5.56 Å². The van der Waals surface area contributed by atoms with E-state index in [1.165, 1.54) is 11.0 Å². The minimum Gasteiger partial charge on any atom is -0.378 e. The second-order valence-electron chi connectivity index (χ2n) is 4.37.